The Morgan fingerprint density at radius 2 is 1.83 bits per heavy atom. The van der Waals surface area contributed by atoms with Crippen molar-refractivity contribution >= 4 is 15.9 Å². The van der Waals surface area contributed by atoms with Gasteiger partial charge in [0, 0.05) is 16.1 Å². The van der Waals surface area contributed by atoms with Crippen LogP contribution in [0.3, 0.4) is 0 Å². The number of hydrogen-bond donors (Lipinski definition) is 0. The quantitative estimate of drug-likeness (QED) is 0.779. The van der Waals surface area contributed by atoms with E-state index in [9.17, 15) is 0 Å². The molecule has 0 N–H and O–H groups in total. The molecule has 1 rings (SSSR count). The van der Waals surface area contributed by atoms with Crippen molar-refractivity contribution in [2.75, 3.05) is 14.2 Å². The molecule has 0 radical (unpaired) electrons. The first-order valence-corrected chi connectivity index (χ1v) is 4.36. The molecule has 66 valence electrons. The Bertz CT molecular complexity index is 284. The third kappa shape index (κ3) is 1.72. The molecule has 0 aliphatic rings. The molecule has 2 nitrogen and oxygen atoms in total. The predicted molar refractivity (Wildman–Crippen MR) is 52.0 cm³/mol. The second-order valence-corrected chi connectivity index (χ2v) is 3.29. The van der Waals surface area contributed by atoms with Crippen molar-refractivity contribution in [3.8, 4) is 11.5 Å². The van der Waals surface area contributed by atoms with Gasteiger partial charge < -0.3 is 9.47 Å². The van der Waals surface area contributed by atoms with Crippen LogP contribution in [-0.2, 0) is 0 Å². The van der Waals surface area contributed by atoms with Crippen LogP contribution in [0, 0.1) is 6.92 Å². The molecule has 1 aromatic rings. The van der Waals surface area contributed by atoms with E-state index in [0.717, 1.165) is 21.5 Å². The monoisotopic (exact) mass is 230 g/mol. The molecule has 0 heterocycles. The summed E-state index contributed by atoms with van der Waals surface area (Å²) in [6.45, 7) is 1.99. The Balaban J connectivity index is 3.19. The molecule has 0 aromatic heterocycles. The van der Waals surface area contributed by atoms with Gasteiger partial charge in [-0.1, -0.05) is 15.9 Å². The van der Waals surface area contributed by atoms with Crippen molar-refractivity contribution in [2.45, 2.75) is 6.92 Å². The van der Waals surface area contributed by atoms with E-state index < -0.39 is 0 Å². The largest absolute Gasteiger partial charge is 0.497 e. The van der Waals surface area contributed by atoms with E-state index in [4.69, 9.17) is 9.47 Å². The van der Waals surface area contributed by atoms with Crippen molar-refractivity contribution in [3.05, 3.63) is 22.2 Å². The molecule has 0 unspecified atom stereocenters. The Hall–Kier alpha value is -0.700. The van der Waals surface area contributed by atoms with Crippen LogP contribution in [0.1, 0.15) is 5.56 Å². The third-order valence-corrected chi connectivity index (χ3v) is 2.55. The van der Waals surface area contributed by atoms with Gasteiger partial charge in [-0.15, -0.1) is 0 Å². The molecule has 3 heteroatoms. The van der Waals surface area contributed by atoms with E-state index in [0.29, 0.717) is 0 Å². The lowest BCUT2D eigenvalue weighted by molar-refractivity contribution is 0.392. The Kier molecular flexibility index (Phi) is 2.98. The van der Waals surface area contributed by atoms with Crippen LogP contribution >= 0.6 is 15.9 Å². The number of ether oxygens (including phenoxy) is 2. The SMILES string of the molecule is COc1cc(Br)c(C)c(OC)c1. The molecular formula is C9H11BrO2. The van der Waals surface area contributed by atoms with Crippen molar-refractivity contribution in [1.29, 1.82) is 0 Å². The molecule has 0 saturated carbocycles. The van der Waals surface area contributed by atoms with E-state index in [1.54, 1.807) is 14.2 Å². The lowest BCUT2D eigenvalue weighted by Gasteiger charge is -2.08. The minimum absolute atomic E-state index is 0.796. The first-order valence-electron chi connectivity index (χ1n) is 3.57. The Morgan fingerprint density at radius 1 is 1.17 bits per heavy atom. The number of methoxy groups -OCH3 is 2. The maximum atomic E-state index is 5.16. The zero-order chi connectivity index (χ0) is 9.14. The van der Waals surface area contributed by atoms with Gasteiger partial charge in [-0.2, -0.15) is 0 Å². The summed E-state index contributed by atoms with van der Waals surface area (Å²) in [7, 11) is 3.28. The van der Waals surface area contributed by atoms with Crippen LogP contribution in [0.15, 0.2) is 16.6 Å². The lowest BCUT2D eigenvalue weighted by atomic mass is 10.2. The minimum atomic E-state index is 0.796. The van der Waals surface area contributed by atoms with Crippen LogP contribution in [-0.4, -0.2) is 14.2 Å². The van der Waals surface area contributed by atoms with Crippen LogP contribution in [0.25, 0.3) is 0 Å². The van der Waals surface area contributed by atoms with Crippen LogP contribution < -0.4 is 9.47 Å². The van der Waals surface area contributed by atoms with Gasteiger partial charge in [-0.3, -0.25) is 0 Å². The van der Waals surface area contributed by atoms with E-state index in [2.05, 4.69) is 15.9 Å². The van der Waals surface area contributed by atoms with Crippen molar-refractivity contribution < 1.29 is 9.47 Å². The summed E-state index contributed by atoms with van der Waals surface area (Å²) in [5, 5.41) is 0. The predicted octanol–water partition coefficient (Wildman–Crippen LogP) is 2.77. The summed E-state index contributed by atoms with van der Waals surface area (Å²) < 4.78 is 11.2. The van der Waals surface area contributed by atoms with Gasteiger partial charge in [-0.25, -0.2) is 0 Å². The molecule has 0 amide bonds. The summed E-state index contributed by atoms with van der Waals surface area (Å²) in [5.74, 6) is 1.63. The average molecular weight is 231 g/mol. The zero-order valence-corrected chi connectivity index (χ0v) is 8.94. The van der Waals surface area contributed by atoms with Gasteiger partial charge in [-0.05, 0) is 13.0 Å². The maximum Gasteiger partial charge on any atom is 0.126 e. The summed E-state index contributed by atoms with van der Waals surface area (Å²) in [6, 6.07) is 3.78. The summed E-state index contributed by atoms with van der Waals surface area (Å²) in [4.78, 5) is 0. The molecule has 0 aliphatic heterocycles. The topological polar surface area (TPSA) is 18.5 Å². The fraction of sp³-hybridized carbons (Fsp3) is 0.333. The number of rotatable bonds is 2. The van der Waals surface area contributed by atoms with Gasteiger partial charge in [0.15, 0.2) is 0 Å². The lowest BCUT2D eigenvalue weighted by Crippen LogP contribution is -1.90. The summed E-state index contributed by atoms with van der Waals surface area (Å²) in [5.41, 5.74) is 1.08. The highest BCUT2D eigenvalue weighted by Crippen LogP contribution is 2.31. The van der Waals surface area contributed by atoms with E-state index >= 15 is 0 Å². The summed E-state index contributed by atoms with van der Waals surface area (Å²) >= 11 is 3.42. The highest BCUT2D eigenvalue weighted by molar-refractivity contribution is 9.10. The highest BCUT2D eigenvalue weighted by Gasteiger charge is 2.04. The van der Waals surface area contributed by atoms with E-state index in [-0.39, 0.29) is 0 Å². The van der Waals surface area contributed by atoms with Gasteiger partial charge in [0.2, 0.25) is 0 Å². The highest BCUT2D eigenvalue weighted by atomic mass is 79.9. The number of hydrogen-bond acceptors (Lipinski definition) is 2. The van der Waals surface area contributed by atoms with E-state index in [1.165, 1.54) is 0 Å². The molecular weight excluding hydrogens is 220 g/mol. The summed E-state index contributed by atoms with van der Waals surface area (Å²) in [6.07, 6.45) is 0. The second-order valence-electron chi connectivity index (χ2n) is 2.44. The van der Waals surface area contributed by atoms with E-state index in [1.807, 2.05) is 19.1 Å². The average Bonchev–Trinajstić information content (AvgIpc) is 2.09. The van der Waals surface area contributed by atoms with Crippen LogP contribution in [0.4, 0.5) is 0 Å². The van der Waals surface area contributed by atoms with Crippen molar-refractivity contribution in [2.24, 2.45) is 0 Å². The number of benzene rings is 1. The zero-order valence-electron chi connectivity index (χ0n) is 7.35. The minimum Gasteiger partial charge on any atom is -0.497 e. The first-order chi connectivity index (χ1) is 5.69. The smallest absolute Gasteiger partial charge is 0.126 e. The number of halogens is 1. The van der Waals surface area contributed by atoms with Crippen molar-refractivity contribution in [1.82, 2.24) is 0 Å². The van der Waals surface area contributed by atoms with Gasteiger partial charge in [0.25, 0.3) is 0 Å². The van der Waals surface area contributed by atoms with Gasteiger partial charge in [0.1, 0.15) is 11.5 Å². The Labute approximate surface area is 80.6 Å². The standard InChI is InChI=1S/C9H11BrO2/c1-6-8(10)4-7(11-2)5-9(6)12-3/h4-5H,1-3H3. The first kappa shape index (κ1) is 9.39. The molecule has 0 aliphatic carbocycles. The van der Waals surface area contributed by atoms with Gasteiger partial charge >= 0.3 is 0 Å². The van der Waals surface area contributed by atoms with Gasteiger partial charge in [0.05, 0.1) is 14.2 Å². The molecule has 0 saturated heterocycles. The van der Waals surface area contributed by atoms with Crippen molar-refractivity contribution in [3.63, 3.8) is 0 Å². The molecule has 0 atom stereocenters. The fourth-order valence-corrected chi connectivity index (χ4v) is 1.38. The van der Waals surface area contributed by atoms with Crippen LogP contribution in [0.2, 0.25) is 0 Å². The molecule has 1 aromatic carbocycles. The normalized spacial score (nSPS) is 9.67. The van der Waals surface area contributed by atoms with Crippen LogP contribution in [0.5, 0.6) is 11.5 Å². The molecule has 0 spiro atoms. The Morgan fingerprint density at radius 3 is 2.33 bits per heavy atom. The molecule has 0 bridgehead atoms. The molecule has 0 fully saturated rings. The maximum absolute atomic E-state index is 5.16. The fourth-order valence-electron chi connectivity index (χ4n) is 0.960. The molecule has 12 heavy (non-hydrogen) atoms. The third-order valence-electron chi connectivity index (χ3n) is 1.73. The second kappa shape index (κ2) is 3.81.